The van der Waals surface area contributed by atoms with E-state index in [1.807, 2.05) is 6.92 Å². The molecule has 0 unspecified atom stereocenters. The Hall–Kier alpha value is -1.30. The smallest absolute Gasteiger partial charge is 0.226 e. The molecular formula is C13H19ClN2O3. The molecule has 6 heteroatoms. The van der Waals surface area contributed by atoms with Crippen LogP contribution in [0.15, 0.2) is 18.2 Å². The number of halogens is 1. The van der Waals surface area contributed by atoms with Gasteiger partial charge in [0.1, 0.15) is 0 Å². The summed E-state index contributed by atoms with van der Waals surface area (Å²) >= 11 is 5.83. The summed E-state index contributed by atoms with van der Waals surface area (Å²) in [6.45, 7) is 3.96. The van der Waals surface area contributed by atoms with Gasteiger partial charge in [-0.15, -0.1) is 0 Å². The lowest BCUT2D eigenvalue weighted by molar-refractivity contribution is -0.117. The average Bonchev–Trinajstić information content (AvgIpc) is 2.38. The fraction of sp³-hybridized carbons (Fsp3) is 0.462. The van der Waals surface area contributed by atoms with Gasteiger partial charge in [-0.2, -0.15) is 0 Å². The van der Waals surface area contributed by atoms with Crippen LogP contribution in [0.25, 0.3) is 0 Å². The second-order valence-corrected chi connectivity index (χ2v) is 4.28. The summed E-state index contributed by atoms with van der Waals surface area (Å²) in [6, 6.07) is 4.94. The topological polar surface area (TPSA) is 73.6 Å². The number of anilines is 2. The van der Waals surface area contributed by atoms with Gasteiger partial charge >= 0.3 is 0 Å². The molecule has 106 valence electrons. The predicted octanol–water partition coefficient (Wildman–Crippen LogP) is 2.30. The third kappa shape index (κ3) is 6.42. The molecular weight excluding hydrogens is 268 g/mol. The van der Waals surface area contributed by atoms with Crippen LogP contribution >= 0.6 is 11.6 Å². The van der Waals surface area contributed by atoms with Crippen LogP contribution in [0.3, 0.4) is 0 Å². The van der Waals surface area contributed by atoms with Crippen LogP contribution in [-0.4, -0.2) is 32.3 Å². The first-order valence-corrected chi connectivity index (χ1v) is 6.51. The first-order chi connectivity index (χ1) is 9.13. The number of rotatable bonds is 8. The van der Waals surface area contributed by atoms with Gasteiger partial charge in [-0.25, -0.2) is 0 Å². The zero-order chi connectivity index (χ0) is 14.1. The molecule has 1 rings (SSSR count). The maximum atomic E-state index is 11.6. The SMILES string of the molecule is CCOCCOCCC(=O)Nc1cc(Cl)ccc1N. The van der Waals surface area contributed by atoms with Crippen molar-refractivity contribution < 1.29 is 14.3 Å². The molecule has 1 aromatic carbocycles. The molecule has 5 nitrogen and oxygen atoms in total. The lowest BCUT2D eigenvalue weighted by Crippen LogP contribution is -2.16. The van der Waals surface area contributed by atoms with Gasteiger partial charge in [0, 0.05) is 11.6 Å². The summed E-state index contributed by atoms with van der Waals surface area (Å²) in [6.07, 6.45) is 0.262. The van der Waals surface area contributed by atoms with E-state index in [0.29, 0.717) is 42.8 Å². The predicted molar refractivity (Wildman–Crippen MR) is 76.4 cm³/mol. The molecule has 0 fully saturated rings. The molecule has 0 heterocycles. The summed E-state index contributed by atoms with van der Waals surface area (Å²) in [5, 5.41) is 3.22. The van der Waals surface area contributed by atoms with Crippen LogP contribution in [0.1, 0.15) is 13.3 Å². The number of amides is 1. The second kappa shape index (κ2) is 8.74. The summed E-state index contributed by atoms with van der Waals surface area (Å²) < 4.78 is 10.4. The molecule has 0 aliphatic rings. The molecule has 0 aliphatic carbocycles. The van der Waals surface area contributed by atoms with Crippen LogP contribution in [-0.2, 0) is 14.3 Å². The van der Waals surface area contributed by atoms with Crippen molar-refractivity contribution >= 4 is 28.9 Å². The quantitative estimate of drug-likeness (QED) is 0.568. The van der Waals surface area contributed by atoms with Crippen LogP contribution in [0.4, 0.5) is 11.4 Å². The van der Waals surface area contributed by atoms with E-state index in [1.54, 1.807) is 18.2 Å². The maximum absolute atomic E-state index is 11.6. The number of nitrogens with one attached hydrogen (secondary N) is 1. The minimum absolute atomic E-state index is 0.162. The highest BCUT2D eigenvalue weighted by Gasteiger charge is 2.05. The van der Waals surface area contributed by atoms with Crippen LogP contribution in [0, 0.1) is 0 Å². The first-order valence-electron chi connectivity index (χ1n) is 6.14. The lowest BCUT2D eigenvalue weighted by Gasteiger charge is -2.09. The van der Waals surface area contributed by atoms with Gasteiger partial charge in [0.05, 0.1) is 37.6 Å². The standard InChI is InChI=1S/C13H19ClN2O3/c1-2-18-7-8-19-6-5-13(17)16-12-9-10(14)3-4-11(12)15/h3-4,9H,2,5-8,15H2,1H3,(H,16,17). The van der Waals surface area contributed by atoms with Crippen molar-refractivity contribution in [2.45, 2.75) is 13.3 Å². The van der Waals surface area contributed by atoms with Gasteiger partial charge < -0.3 is 20.5 Å². The van der Waals surface area contributed by atoms with Gasteiger partial charge in [-0.1, -0.05) is 11.6 Å². The van der Waals surface area contributed by atoms with Crippen LogP contribution in [0.5, 0.6) is 0 Å². The van der Waals surface area contributed by atoms with Gasteiger partial charge in [0.15, 0.2) is 0 Å². The van der Waals surface area contributed by atoms with Crippen molar-refractivity contribution in [3.05, 3.63) is 23.2 Å². The number of carbonyl (C=O) groups is 1. The molecule has 1 amide bonds. The summed E-state index contributed by atoms with van der Waals surface area (Å²) in [5.41, 5.74) is 6.73. The minimum atomic E-state index is -0.162. The van der Waals surface area contributed by atoms with Crippen molar-refractivity contribution in [3.8, 4) is 0 Å². The summed E-state index contributed by atoms with van der Waals surface area (Å²) in [5.74, 6) is -0.162. The first kappa shape index (κ1) is 15.8. The molecule has 1 aromatic rings. The number of benzene rings is 1. The Morgan fingerprint density at radius 3 is 2.79 bits per heavy atom. The molecule has 0 saturated carbocycles. The molecule has 0 bridgehead atoms. The van der Waals surface area contributed by atoms with Gasteiger partial charge in [0.25, 0.3) is 0 Å². The highest BCUT2D eigenvalue weighted by atomic mass is 35.5. The van der Waals surface area contributed by atoms with Gasteiger partial charge in [0.2, 0.25) is 5.91 Å². The molecule has 0 atom stereocenters. The number of nitrogens with two attached hydrogens (primary N) is 1. The summed E-state index contributed by atoms with van der Waals surface area (Å²) in [4.78, 5) is 11.6. The fourth-order valence-corrected chi connectivity index (χ4v) is 1.55. The Morgan fingerprint density at radius 1 is 1.32 bits per heavy atom. The number of hydrogen-bond donors (Lipinski definition) is 2. The highest BCUT2D eigenvalue weighted by Crippen LogP contribution is 2.22. The van der Waals surface area contributed by atoms with E-state index in [-0.39, 0.29) is 12.3 Å². The van der Waals surface area contributed by atoms with Gasteiger partial charge in [-0.3, -0.25) is 4.79 Å². The third-order valence-corrected chi connectivity index (χ3v) is 2.57. The van der Waals surface area contributed by atoms with Crippen molar-refractivity contribution in [1.29, 1.82) is 0 Å². The van der Waals surface area contributed by atoms with Crippen molar-refractivity contribution in [1.82, 2.24) is 0 Å². The van der Waals surface area contributed by atoms with Gasteiger partial charge in [-0.05, 0) is 25.1 Å². The largest absolute Gasteiger partial charge is 0.397 e. The fourth-order valence-electron chi connectivity index (χ4n) is 1.38. The molecule has 3 N–H and O–H groups in total. The average molecular weight is 287 g/mol. The molecule has 0 radical (unpaired) electrons. The number of carbonyl (C=O) groups excluding carboxylic acids is 1. The highest BCUT2D eigenvalue weighted by molar-refractivity contribution is 6.31. The van der Waals surface area contributed by atoms with Crippen molar-refractivity contribution in [3.63, 3.8) is 0 Å². The summed E-state index contributed by atoms with van der Waals surface area (Å²) in [7, 11) is 0. The van der Waals surface area contributed by atoms with E-state index >= 15 is 0 Å². The van der Waals surface area contributed by atoms with Crippen molar-refractivity contribution in [2.24, 2.45) is 0 Å². The van der Waals surface area contributed by atoms with Crippen molar-refractivity contribution in [2.75, 3.05) is 37.5 Å². The Morgan fingerprint density at radius 2 is 2.05 bits per heavy atom. The van der Waals surface area contributed by atoms with E-state index in [1.165, 1.54) is 0 Å². The Kier molecular flexibility index (Phi) is 7.25. The minimum Gasteiger partial charge on any atom is -0.397 e. The normalized spacial score (nSPS) is 10.4. The van der Waals surface area contributed by atoms with E-state index in [2.05, 4.69) is 5.32 Å². The molecule has 19 heavy (non-hydrogen) atoms. The van der Waals surface area contributed by atoms with Crippen LogP contribution in [0.2, 0.25) is 5.02 Å². The Labute approximate surface area is 118 Å². The van der Waals surface area contributed by atoms with E-state index in [4.69, 9.17) is 26.8 Å². The Balaban J connectivity index is 2.25. The molecule has 0 saturated heterocycles. The zero-order valence-electron chi connectivity index (χ0n) is 10.9. The maximum Gasteiger partial charge on any atom is 0.226 e. The molecule has 0 spiro atoms. The monoisotopic (exact) mass is 286 g/mol. The lowest BCUT2D eigenvalue weighted by atomic mass is 10.2. The second-order valence-electron chi connectivity index (χ2n) is 3.84. The number of ether oxygens (including phenoxy) is 2. The molecule has 0 aromatic heterocycles. The zero-order valence-corrected chi connectivity index (χ0v) is 11.7. The third-order valence-electron chi connectivity index (χ3n) is 2.34. The van der Waals surface area contributed by atoms with E-state index in [0.717, 1.165) is 0 Å². The van der Waals surface area contributed by atoms with E-state index in [9.17, 15) is 4.79 Å². The number of nitrogen functional groups attached to an aromatic ring is 1. The van der Waals surface area contributed by atoms with Crippen LogP contribution < -0.4 is 11.1 Å². The van der Waals surface area contributed by atoms with E-state index < -0.39 is 0 Å². The number of hydrogen-bond acceptors (Lipinski definition) is 4. The molecule has 0 aliphatic heterocycles. The Bertz CT molecular complexity index is 413.